The average molecular weight is 619 g/mol. The van der Waals surface area contributed by atoms with Gasteiger partial charge < -0.3 is 38.6 Å². The van der Waals surface area contributed by atoms with Gasteiger partial charge in [-0.05, 0) is 12.1 Å². The largest absolute Gasteiger partial charge is 0.507 e. The number of hydrogen-bond donors (Lipinski definition) is 2. The van der Waals surface area contributed by atoms with Crippen molar-refractivity contribution in [3.63, 3.8) is 0 Å². The number of aromatic hydroxyl groups is 2. The van der Waals surface area contributed by atoms with Gasteiger partial charge in [0.2, 0.25) is 0 Å². The van der Waals surface area contributed by atoms with Crippen molar-refractivity contribution < 1.29 is 48.2 Å². The summed E-state index contributed by atoms with van der Waals surface area (Å²) in [7, 11) is 5.64. The lowest BCUT2D eigenvalue weighted by Crippen LogP contribution is -2.06. The smallest absolute Gasteiger partial charge is 0.302 e. The fourth-order valence-electron chi connectivity index (χ4n) is 4.98. The van der Waals surface area contributed by atoms with E-state index in [0.717, 1.165) is 0 Å². The third kappa shape index (κ3) is 5.35. The molecule has 12 heteroatoms. The van der Waals surface area contributed by atoms with Crippen molar-refractivity contribution in [1.82, 2.24) is 0 Å². The Balaban J connectivity index is 2.33. The van der Waals surface area contributed by atoms with E-state index < -0.39 is 11.9 Å². The zero-order valence-corrected chi connectivity index (χ0v) is 25.2. The molecular formula is C30H28Cl2O10. The van der Waals surface area contributed by atoms with Gasteiger partial charge in [-0.2, -0.15) is 0 Å². The Morgan fingerprint density at radius 3 is 1.67 bits per heavy atom. The Kier molecular flexibility index (Phi) is 8.98. The Morgan fingerprint density at radius 1 is 0.667 bits per heavy atom. The van der Waals surface area contributed by atoms with E-state index in [4.69, 9.17) is 51.6 Å². The molecule has 0 aliphatic heterocycles. The van der Waals surface area contributed by atoms with Crippen LogP contribution in [0.5, 0.6) is 34.5 Å². The third-order valence-corrected chi connectivity index (χ3v) is 7.21. The number of esters is 2. The van der Waals surface area contributed by atoms with Gasteiger partial charge in [-0.25, -0.2) is 0 Å². The topological polar surface area (TPSA) is 130 Å². The van der Waals surface area contributed by atoms with Crippen molar-refractivity contribution in [2.24, 2.45) is 0 Å². The van der Waals surface area contributed by atoms with Crippen LogP contribution in [0.1, 0.15) is 25.0 Å². The summed E-state index contributed by atoms with van der Waals surface area (Å²) in [5.41, 5.74) is 1.05. The fourth-order valence-corrected chi connectivity index (χ4v) is 5.52. The molecule has 0 amide bonds. The van der Waals surface area contributed by atoms with E-state index in [1.807, 2.05) is 0 Å². The summed E-state index contributed by atoms with van der Waals surface area (Å²) in [6, 6.07) is 6.06. The number of fused-ring (bicyclic) bond motifs is 2. The molecule has 0 radical (unpaired) electrons. The normalized spacial score (nSPS) is 11.0. The molecule has 4 aromatic carbocycles. The summed E-state index contributed by atoms with van der Waals surface area (Å²) in [6.45, 7) is 1.91. The molecule has 0 bridgehead atoms. The zero-order chi connectivity index (χ0) is 30.9. The summed E-state index contributed by atoms with van der Waals surface area (Å²) in [6.07, 6.45) is 0. The van der Waals surface area contributed by atoms with Crippen molar-refractivity contribution in [3.8, 4) is 45.6 Å². The SMILES string of the molecule is COc1cc(Cl)c(OC)c2c(O)c(-c3c(COC(C)=O)cc(O)c4c(OC)c(Cl)cc(OC)c34)c(COC(C)=O)cc12. The second kappa shape index (κ2) is 12.3. The van der Waals surface area contributed by atoms with Gasteiger partial charge in [-0.15, -0.1) is 0 Å². The number of phenols is 2. The number of ether oxygens (including phenoxy) is 6. The quantitative estimate of drug-likeness (QED) is 0.199. The number of halogens is 2. The van der Waals surface area contributed by atoms with Gasteiger partial charge >= 0.3 is 11.9 Å². The van der Waals surface area contributed by atoms with Crippen molar-refractivity contribution in [3.05, 3.63) is 45.4 Å². The molecule has 0 unspecified atom stereocenters. The molecule has 0 aliphatic rings. The number of benzene rings is 4. The lowest BCUT2D eigenvalue weighted by atomic mass is 9.86. The molecule has 2 N–H and O–H groups in total. The first-order chi connectivity index (χ1) is 20.0. The predicted octanol–water partition coefficient (Wildman–Crippen LogP) is 6.54. The van der Waals surface area contributed by atoms with Gasteiger partial charge in [0.15, 0.2) is 0 Å². The predicted molar refractivity (Wildman–Crippen MR) is 157 cm³/mol. The van der Waals surface area contributed by atoms with E-state index in [1.54, 1.807) is 6.07 Å². The van der Waals surface area contributed by atoms with Crippen molar-refractivity contribution in [2.45, 2.75) is 27.1 Å². The molecule has 0 atom stereocenters. The number of phenolic OH excluding ortho intramolecular Hbond substituents is 2. The van der Waals surface area contributed by atoms with Crippen LogP contribution in [0.15, 0.2) is 24.3 Å². The third-order valence-electron chi connectivity index (χ3n) is 6.65. The maximum Gasteiger partial charge on any atom is 0.302 e. The molecule has 10 nitrogen and oxygen atoms in total. The highest BCUT2D eigenvalue weighted by molar-refractivity contribution is 6.35. The van der Waals surface area contributed by atoms with E-state index in [9.17, 15) is 19.8 Å². The summed E-state index contributed by atoms with van der Waals surface area (Å²) in [5, 5.41) is 24.6. The van der Waals surface area contributed by atoms with E-state index in [1.165, 1.54) is 60.5 Å². The first kappa shape index (κ1) is 30.7. The fraction of sp³-hybridized carbons (Fsp3) is 0.267. The highest BCUT2D eigenvalue weighted by atomic mass is 35.5. The van der Waals surface area contributed by atoms with E-state index >= 15 is 0 Å². The van der Waals surface area contributed by atoms with Gasteiger partial charge in [-0.1, -0.05) is 23.2 Å². The molecule has 0 aromatic heterocycles. The van der Waals surface area contributed by atoms with Crippen LogP contribution in [0.2, 0.25) is 10.0 Å². The maximum absolute atomic E-state index is 12.1. The Labute approximate surface area is 251 Å². The van der Waals surface area contributed by atoms with E-state index in [0.29, 0.717) is 16.7 Å². The lowest BCUT2D eigenvalue weighted by Gasteiger charge is -2.23. The number of rotatable bonds is 9. The van der Waals surface area contributed by atoms with Gasteiger partial charge in [-0.3, -0.25) is 9.59 Å². The molecule has 222 valence electrons. The van der Waals surface area contributed by atoms with Crippen LogP contribution in [0.25, 0.3) is 32.7 Å². The minimum absolute atomic E-state index is 0.134. The Bertz CT molecular complexity index is 1730. The second-order valence-corrected chi connectivity index (χ2v) is 9.92. The maximum atomic E-state index is 12.1. The first-order valence-electron chi connectivity index (χ1n) is 12.4. The van der Waals surface area contributed by atoms with Crippen LogP contribution in [-0.4, -0.2) is 50.6 Å². The molecule has 0 aliphatic carbocycles. The van der Waals surface area contributed by atoms with Gasteiger partial charge in [0.25, 0.3) is 0 Å². The van der Waals surface area contributed by atoms with Crippen LogP contribution in [-0.2, 0) is 32.3 Å². The molecule has 0 saturated heterocycles. The Hall–Kier alpha value is -4.28. The van der Waals surface area contributed by atoms with Gasteiger partial charge in [0.05, 0.1) is 49.3 Å². The first-order valence-corrected chi connectivity index (χ1v) is 13.2. The van der Waals surface area contributed by atoms with Crippen molar-refractivity contribution in [1.29, 1.82) is 0 Å². The van der Waals surface area contributed by atoms with Crippen LogP contribution < -0.4 is 18.9 Å². The molecule has 4 rings (SSSR count). The molecular weight excluding hydrogens is 591 g/mol. The number of methoxy groups -OCH3 is 4. The summed E-state index contributed by atoms with van der Waals surface area (Å²) < 4.78 is 33.1. The standard InChI is InChI=1S/C30H28Cl2O10/c1-13(33)41-11-15-7-17-21(37-3)9-18(31)29(39-5)25(17)28(36)24(15)23-16(12-42-14(2)34)8-20(35)26-27(23)22(38-4)10-19(32)30(26)40-6/h7-10,35-36H,11-12H2,1-6H3. The van der Waals surface area contributed by atoms with Crippen LogP contribution in [0, 0.1) is 0 Å². The monoisotopic (exact) mass is 618 g/mol. The number of carbonyl (C=O) groups is 2. The molecule has 4 aromatic rings. The molecule has 0 fully saturated rings. The molecule has 0 heterocycles. The molecule has 0 saturated carbocycles. The van der Waals surface area contributed by atoms with Crippen molar-refractivity contribution in [2.75, 3.05) is 28.4 Å². The van der Waals surface area contributed by atoms with Crippen LogP contribution in [0.3, 0.4) is 0 Å². The molecule has 42 heavy (non-hydrogen) atoms. The van der Waals surface area contributed by atoms with Crippen molar-refractivity contribution >= 4 is 56.7 Å². The Morgan fingerprint density at radius 2 is 1.17 bits per heavy atom. The summed E-state index contributed by atoms with van der Waals surface area (Å²) >= 11 is 13.0. The van der Waals surface area contributed by atoms with Gasteiger partial charge in [0.1, 0.15) is 47.7 Å². The second-order valence-electron chi connectivity index (χ2n) is 9.11. The zero-order valence-electron chi connectivity index (χ0n) is 23.6. The van der Waals surface area contributed by atoms with Crippen LogP contribution >= 0.6 is 23.2 Å². The summed E-state index contributed by atoms with van der Waals surface area (Å²) in [4.78, 5) is 23.8. The number of hydrogen-bond acceptors (Lipinski definition) is 10. The minimum atomic E-state index is -0.581. The van der Waals surface area contributed by atoms with E-state index in [2.05, 4.69) is 0 Å². The number of carbonyl (C=O) groups excluding carboxylic acids is 2. The van der Waals surface area contributed by atoms with Crippen LogP contribution in [0.4, 0.5) is 0 Å². The highest BCUT2D eigenvalue weighted by Crippen LogP contribution is 2.54. The van der Waals surface area contributed by atoms with E-state index in [-0.39, 0.29) is 84.9 Å². The molecule has 0 spiro atoms. The summed E-state index contributed by atoms with van der Waals surface area (Å²) in [5.74, 6) is -0.901. The average Bonchev–Trinajstić information content (AvgIpc) is 2.95. The highest BCUT2D eigenvalue weighted by Gasteiger charge is 2.29. The van der Waals surface area contributed by atoms with Gasteiger partial charge in [0, 0.05) is 59.0 Å². The minimum Gasteiger partial charge on any atom is -0.507 e. The lowest BCUT2D eigenvalue weighted by molar-refractivity contribution is -0.143.